The van der Waals surface area contributed by atoms with Crippen LogP contribution in [0.4, 0.5) is 15.2 Å². The van der Waals surface area contributed by atoms with Crippen molar-refractivity contribution in [2.75, 3.05) is 10.0 Å². The van der Waals surface area contributed by atoms with Crippen LogP contribution >= 0.6 is 11.3 Å². The number of nitrogens with one attached hydrogen (secondary N) is 2. The molecule has 9 heteroatoms. The topological polar surface area (TPSA) is 88.2 Å². The number of halogens is 1. The second kappa shape index (κ2) is 8.07. The van der Waals surface area contributed by atoms with Gasteiger partial charge in [0, 0.05) is 16.6 Å². The van der Waals surface area contributed by atoms with Gasteiger partial charge in [-0.3, -0.25) is 14.8 Å². The summed E-state index contributed by atoms with van der Waals surface area (Å²) in [5, 5.41) is 5.13. The third kappa shape index (κ3) is 4.73. The van der Waals surface area contributed by atoms with Crippen molar-refractivity contribution in [3.8, 4) is 0 Å². The number of rotatable bonds is 6. The van der Waals surface area contributed by atoms with Gasteiger partial charge >= 0.3 is 0 Å². The molecule has 0 spiro atoms. The number of hydrogen-bond donors (Lipinski definition) is 2. The van der Waals surface area contributed by atoms with Gasteiger partial charge in [-0.15, -0.1) is 11.3 Å². The van der Waals surface area contributed by atoms with Crippen LogP contribution in [-0.4, -0.2) is 19.3 Å². The molecule has 0 saturated carbocycles. The van der Waals surface area contributed by atoms with Gasteiger partial charge in [0.25, 0.3) is 15.9 Å². The van der Waals surface area contributed by atoms with Crippen LogP contribution in [0.25, 0.3) is 0 Å². The summed E-state index contributed by atoms with van der Waals surface area (Å²) in [6, 6.07) is 10.5. The number of sulfonamides is 1. The Balaban J connectivity index is 1.68. The molecular formula is C19H18FN3O3S2. The van der Waals surface area contributed by atoms with Gasteiger partial charge in [-0.1, -0.05) is 13.8 Å². The van der Waals surface area contributed by atoms with Gasteiger partial charge in [-0.05, 0) is 54.4 Å². The Labute approximate surface area is 166 Å². The first-order valence-electron chi connectivity index (χ1n) is 8.40. The number of benzene rings is 2. The number of hydrogen-bond acceptors (Lipinski definition) is 5. The van der Waals surface area contributed by atoms with E-state index in [1.807, 2.05) is 19.2 Å². The van der Waals surface area contributed by atoms with Gasteiger partial charge in [0.05, 0.1) is 10.6 Å². The normalized spacial score (nSPS) is 11.4. The average molecular weight is 420 g/mol. The third-order valence-electron chi connectivity index (χ3n) is 3.86. The van der Waals surface area contributed by atoms with E-state index in [4.69, 9.17) is 0 Å². The molecule has 0 aliphatic carbocycles. The van der Waals surface area contributed by atoms with E-state index in [0.29, 0.717) is 10.7 Å². The van der Waals surface area contributed by atoms with E-state index in [-0.39, 0.29) is 22.4 Å². The summed E-state index contributed by atoms with van der Waals surface area (Å²) in [4.78, 5) is 16.6. The summed E-state index contributed by atoms with van der Waals surface area (Å²) in [7, 11) is -3.84. The molecule has 1 amide bonds. The van der Waals surface area contributed by atoms with E-state index in [2.05, 4.69) is 15.0 Å². The van der Waals surface area contributed by atoms with Crippen LogP contribution in [0.1, 0.15) is 35.8 Å². The number of nitrogens with zero attached hydrogens (tertiary/aromatic N) is 1. The lowest BCUT2D eigenvalue weighted by Gasteiger charge is -2.09. The van der Waals surface area contributed by atoms with Crippen LogP contribution in [0.2, 0.25) is 0 Å². The lowest BCUT2D eigenvalue weighted by molar-refractivity contribution is 0.102. The molecule has 28 heavy (non-hydrogen) atoms. The van der Waals surface area contributed by atoms with Gasteiger partial charge in [0.15, 0.2) is 5.13 Å². The molecule has 0 atom stereocenters. The van der Waals surface area contributed by atoms with Crippen LogP contribution in [0.15, 0.2) is 58.8 Å². The monoisotopic (exact) mass is 419 g/mol. The first-order valence-corrected chi connectivity index (χ1v) is 10.8. The number of anilines is 2. The second-order valence-electron chi connectivity index (χ2n) is 6.32. The van der Waals surface area contributed by atoms with Gasteiger partial charge < -0.3 is 0 Å². The fourth-order valence-electron chi connectivity index (χ4n) is 2.30. The van der Waals surface area contributed by atoms with Gasteiger partial charge in [0.1, 0.15) is 5.82 Å². The van der Waals surface area contributed by atoms with Crippen molar-refractivity contribution in [3.63, 3.8) is 0 Å². The lowest BCUT2D eigenvalue weighted by atomic mass is 10.2. The van der Waals surface area contributed by atoms with E-state index in [1.165, 1.54) is 47.7 Å². The molecule has 0 saturated heterocycles. The standard InChI is InChI=1S/C19H18FN3O3S2/c1-12(2)17-11-27-19(21-17)22-18(24)13-3-7-15(8-4-13)23-28(25,26)16-9-5-14(20)6-10-16/h3-12,23H,1-2H3,(H,21,22,24). The summed E-state index contributed by atoms with van der Waals surface area (Å²) < 4.78 is 40.0. The smallest absolute Gasteiger partial charge is 0.261 e. The van der Waals surface area contributed by atoms with E-state index in [0.717, 1.165) is 17.8 Å². The molecule has 0 bridgehead atoms. The molecule has 3 rings (SSSR count). The molecule has 0 aliphatic heterocycles. The number of thiazole rings is 1. The van der Waals surface area contributed by atoms with Gasteiger partial charge in [-0.25, -0.2) is 17.8 Å². The van der Waals surface area contributed by atoms with Crippen LogP contribution in [0.3, 0.4) is 0 Å². The Morgan fingerprint density at radius 1 is 1.07 bits per heavy atom. The highest BCUT2D eigenvalue weighted by atomic mass is 32.2. The highest BCUT2D eigenvalue weighted by Gasteiger charge is 2.15. The minimum Gasteiger partial charge on any atom is -0.298 e. The van der Waals surface area contributed by atoms with Crippen molar-refractivity contribution in [3.05, 3.63) is 71.0 Å². The summed E-state index contributed by atoms with van der Waals surface area (Å²) in [5.74, 6) is -0.581. The highest BCUT2D eigenvalue weighted by Crippen LogP contribution is 2.22. The molecule has 1 heterocycles. The Bertz CT molecular complexity index is 1080. The average Bonchev–Trinajstić information content (AvgIpc) is 3.11. The highest BCUT2D eigenvalue weighted by molar-refractivity contribution is 7.92. The number of carbonyl (C=O) groups is 1. The predicted octanol–water partition coefficient (Wildman–Crippen LogP) is 4.46. The molecule has 1 aromatic heterocycles. The molecule has 2 aromatic carbocycles. The summed E-state index contributed by atoms with van der Waals surface area (Å²) in [6.45, 7) is 4.04. The third-order valence-corrected chi connectivity index (χ3v) is 6.03. The second-order valence-corrected chi connectivity index (χ2v) is 8.86. The zero-order chi connectivity index (χ0) is 20.3. The van der Waals surface area contributed by atoms with Crippen molar-refractivity contribution >= 4 is 38.1 Å². The quantitative estimate of drug-likeness (QED) is 0.617. The maximum absolute atomic E-state index is 13.0. The predicted molar refractivity (Wildman–Crippen MR) is 108 cm³/mol. The van der Waals surface area contributed by atoms with Crippen molar-refractivity contribution in [2.24, 2.45) is 0 Å². The fourth-order valence-corrected chi connectivity index (χ4v) is 4.22. The summed E-state index contributed by atoms with van der Waals surface area (Å²) in [6.07, 6.45) is 0. The Hall–Kier alpha value is -2.78. The van der Waals surface area contributed by atoms with Crippen molar-refractivity contribution in [1.29, 1.82) is 0 Å². The van der Waals surface area contributed by atoms with Gasteiger partial charge in [0.2, 0.25) is 0 Å². The molecule has 0 fully saturated rings. The SMILES string of the molecule is CC(C)c1csc(NC(=O)c2ccc(NS(=O)(=O)c3ccc(F)cc3)cc2)n1. The largest absolute Gasteiger partial charge is 0.298 e. The van der Waals surface area contributed by atoms with Crippen LogP contribution in [0.5, 0.6) is 0 Å². The first-order chi connectivity index (χ1) is 13.2. The van der Waals surface area contributed by atoms with Crippen molar-refractivity contribution < 1.29 is 17.6 Å². The summed E-state index contributed by atoms with van der Waals surface area (Å²) in [5.41, 5.74) is 1.56. The minimum absolute atomic E-state index is 0.0551. The molecule has 2 N–H and O–H groups in total. The Kier molecular flexibility index (Phi) is 5.76. The molecule has 0 aliphatic rings. The molecule has 0 radical (unpaired) electrons. The van der Waals surface area contributed by atoms with E-state index < -0.39 is 15.8 Å². The zero-order valence-electron chi connectivity index (χ0n) is 15.1. The minimum atomic E-state index is -3.84. The van der Waals surface area contributed by atoms with Crippen molar-refractivity contribution in [1.82, 2.24) is 4.98 Å². The van der Waals surface area contributed by atoms with Gasteiger partial charge in [-0.2, -0.15) is 0 Å². The maximum Gasteiger partial charge on any atom is 0.261 e. The number of amides is 1. The molecule has 6 nitrogen and oxygen atoms in total. The maximum atomic E-state index is 13.0. The molecule has 3 aromatic rings. The lowest BCUT2D eigenvalue weighted by Crippen LogP contribution is -2.14. The first kappa shape index (κ1) is 20.0. The number of carbonyl (C=O) groups excluding carboxylic acids is 1. The Morgan fingerprint density at radius 2 is 1.71 bits per heavy atom. The van der Waals surface area contributed by atoms with Crippen LogP contribution < -0.4 is 10.0 Å². The zero-order valence-corrected chi connectivity index (χ0v) is 16.8. The van der Waals surface area contributed by atoms with Crippen LogP contribution in [0, 0.1) is 5.82 Å². The fraction of sp³-hybridized carbons (Fsp3) is 0.158. The van der Waals surface area contributed by atoms with Crippen molar-refractivity contribution in [2.45, 2.75) is 24.7 Å². The molecular weight excluding hydrogens is 401 g/mol. The van der Waals surface area contributed by atoms with E-state index in [9.17, 15) is 17.6 Å². The molecule has 146 valence electrons. The Morgan fingerprint density at radius 3 is 2.29 bits per heavy atom. The summed E-state index contributed by atoms with van der Waals surface area (Å²) >= 11 is 1.35. The van der Waals surface area contributed by atoms with E-state index >= 15 is 0 Å². The van der Waals surface area contributed by atoms with E-state index in [1.54, 1.807) is 0 Å². The number of aromatic nitrogens is 1. The molecule has 0 unspecified atom stereocenters. The van der Waals surface area contributed by atoms with Crippen LogP contribution in [-0.2, 0) is 10.0 Å².